The minimum atomic E-state index is -0.368. The predicted molar refractivity (Wildman–Crippen MR) is 89.6 cm³/mol. The summed E-state index contributed by atoms with van der Waals surface area (Å²) in [6.45, 7) is 4.13. The number of amides is 1. The zero-order valence-electron chi connectivity index (χ0n) is 13.3. The van der Waals surface area contributed by atoms with Gasteiger partial charge in [-0.2, -0.15) is 0 Å². The van der Waals surface area contributed by atoms with Crippen molar-refractivity contribution < 1.29 is 9.90 Å². The van der Waals surface area contributed by atoms with E-state index >= 15 is 0 Å². The maximum atomic E-state index is 10.9. The molecule has 0 aliphatic rings. The number of benzene rings is 2. The Bertz CT molecular complexity index is 695. The molecule has 0 aliphatic carbocycles. The minimum absolute atomic E-state index is 0.201. The van der Waals surface area contributed by atoms with E-state index in [4.69, 9.17) is 5.73 Å². The Kier molecular flexibility index (Phi) is 4.71. The van der Waals surface area contributed by atoms with Gasteiger partial charge in [0, 0.05) is 19.2 Å². The molecule has 0 aromatic heterocycles. The van der Waals surface area contributed by atoms with E-state index in [2.05, 4.69) is 19.9 Å². The van der Waals surface area contributed by atoms with E-state index in [1.165, 1.54) is 11.1 Å². The summed E-state index contributed by atoms with van der Waals surface area (Å²) in [7, 11) is 1.93. The van der Waals surface area contributed by atoms with Gasteiger partial charge in [-0.1, -0.05) is 24.3 Å². The van der Waals surface area contributed by atoms with Gasteiger partial charge >= 0.3 is 0 Å². The highest BCUT2D eigenvalue weighted by Gasteiger charge is 2.14. The van der Waals surface area contributed by atoms with E-state index in [9.17, 15) is 9.90 Å². The van der Waals surface area contributed by atoms with Crippen LogP contribution in [0.4, 0.5) is 11.4 Å². The number of nitrogens with zero attached hydrogens (tertiary/aromatic N) is 1. The molecule has 0 atom stereocenters. The zero-order valence-corrected chi connectivity index (χ0v) is 13.3. The number of phenols is 1. The fourth-order valence-electron chi connectivity index (χ4n) is 2.54. The van der Waals surface area contributed by atoms with Crippen LogP contribution in [0.15, 0.2) is 36.4 Å². The molecule has 2 aromatic carbocycles. The van der Waals surface area contributed by atoms with Crippen molar-refractivity contribution in [2.45, 2.75) is 26.7 Å². The van der Waals surface area contributed by atoms with Crippen LogP contribution in [0.25, 0.3) is 0 Å². The predicted octanol–water partition coefficient (Wildman–Crippen LogP) is 3.19. The van der Waals surface area contributed by atoms with Crippen molar-refractivity contribution >= 4 is 17.3 Å². The van der Waals surface area contributed by atoms with Gasteiger partial charge in [0.05, 0.1) is 5.69 Å². The number of hydrogen-bond donors (Lipinski definition) is 2. The summed E-state index contributed by atoms with van der Waals surface area (Å²) < 4.78 is 0. The van der Waals surface area contributed by atoms with E-state index in [0.29, 0.717) is 6.42 Å². The lowest BCUT2D eigenvalue weighted by Crippen LogP contribution is -2.13. The van der Waals surface area contributed by atoms with Gasteiger partial charge in [-0.15, -0.1) is 0 Å². The Morgan fingerprint density at radius 1 is 1.14 bits per heavy atom. The van der Waals surface area contributed by atoms with Gasteiger partial charge in [-0.05, 0) is 49.1 Å². The summed E-state index contributed by atoms with van der Waals surface area (Å²) in [5.41, 5.74) is 10.1. The summed E-state index contributed by atoms with van der Waals surface area (Å²) in [4.78, 5) is 12.9. The van der Waals surface area contributed by atoms with Crippen LogP contribution in [0.5, 0.6) is 5.75 Å². The first-order valence-corrected chi connectivity index (χ1v) is 7.31. The normalized spacial score (nSPS) is 10.5. The zero-order chi connectivity index (χ0) is 16.3. The molecule has 4 heteroatoms. The fourth-order valence-corrected chi connectivity index (χ4v) is 2.54. The monoisotopic (exact) mass is 298 g/mol. The van der Waals surface area contributed by atoms with E-state index < -0.39 is 0 Å². The maximum Gasteiger partial charge on any atom is 0.217 e. The van der Waals surface area contributed by atoms with Crippen molar-refractivity contribution in [2.75, 3.05) is 11.9 Å². The smallest absolute Gasteiger partial charge is 0.217 e. The molecule has 0 aliphatic heterocycles. The van der Waals surface area contributed by atoms with Crippen LogP contribution in [-0.4, -0.2) is 18.1 Å². The molecule has 116 valence electrons. The van der Waals surface area contributed by atoms with E-state index in [1.54, 1.807) is 0 Å². The molecule has 2 rings (SSSR count). The summed E-state index contributed by atoms with van der Waals surface area (Å²) in [6.07, 6.45) is 0.667. The second kappa shape index (κ2) is 6.52. The van der Waals surface area contributed by atoms with Gasteiger partial charge in [-0.3, -0.25) is 4.79 Å². The lowest BCUT2D eigenvalue weighted by atomic mass is 10.0. The molecule has 0 bridgehead atoms. The number of aromatic hydroxyl groups is 1. The largest absolute Gasteiger partial charge is 0.505 e. The van der Waals surface area contributed by atoms with Gasteiger partial charge in [0.1, 0.15) is 5.75 Å². The second-order valence-electron chi connectivity index (χ2n) is 5.53. The molecule has 0 radical (unpaired) electrons. The van der Waals surface area contributed by atoms with Crippen molar-refractivity contribution in [2.24, 2.45) is 5.73 Å². The summed E-state index contributed by atoms with van der Waals surface area (Å²) >= 11 is 0. The van der Waals surface area contributed by atoms with Gasteiger partial charge in [0.15, 0.2) is 0 Å². The average molecular weight is 298 g/mol. The van der Waals surface area contributed by atoms with E-state index in [-0.39, 0.29) is 18.1 Å². The topological polar surface area (TPSA) is 66.6 Å². The van der Waals surface area contributed by atoms with Crippen LogP contribution in [0.3, 0.4) is 0 Å². The number of carbonyl (C=O) groups excluding carboxylic acids is 1. The molecule has 3 N–H and O–H groups in total. The molecule has 0 fully saturated rings. The number of para-hydroxylation sites is 1. The Balaban J connectivity index is 2.37. The molecule has 0 saturated carbocycles. The van der Waals surface area contributed by atoms with Gasteiger partial charge in [-0.25, -0.2) is 0 Å². The van der Waals surface area contributed by atoms with Crippen LogP contribution >= 0.6 is 0 Å². The molecule has 0 saturated heterocycles. The number of anilines is 2. The van der Waals surface area contributed by atoms with E-state index in [0.717, 1.165) is 16.9 Å². The number of aryl methyl sites for hydroxylation is 2. The summed E-state index contributed by atoms with van der Waals surface area (Å²) in [6, 6.07) is 11.7. The maximum absolute atomic E-state index is 10.9. The highest BCUT2D eigenvalue weighted by Crippen LogP contribution is 2.36. The van der Waals surface area contributed by atoms with Crippen LogP contribution in [0.1, 0.15) is 23.1 Å². The number of carbonyl (C=O) groups is 1. The van der Waals surface area contributed by atoms with Crippen molar-refractivity contribution in [1.82, 2.24) is 0 Å². The molecule has 0 unspecified atom stereocenters. The van der Waals surface area contributed by atoms with Gasteiger partial charge < -0.3 is 15.7 Å². The Morgan fingerprint density at radius 2 is 1.77 bits per heavy atom. The van der Waals surface area contributed by atoms with Crippen LogP contribution < -0.4 is 10.6 Å². The van der Waals surface area contributed by atoms with E-state index in [1.807, 2.05) is 42.3 Å². The van der Waals surface area contributed by atoms with Gasteiger partial charge in [0.25, 0.3) is 0 Å². The van der Waals surface area contributed by atoms with Crippen LogP contribution in [0, 0.1) is 13.8 Å². The van der Waals surface area contributed by atoms with Crippen LogP contribution in [-0.2, 0) is 11.2 Å². The molecule has 22 heavy (non-hydrogen) atoms. The SMILES string of the molecule is Cc1cccc(N(C)c2cccc(CCC(N)=O)c2O)c1C. The second-order valence-corrected chi connectivity index (χ2v) is 5.53. The molecular formula is C18H22N2O2. The first kappa shape index (κ1) is 15.9. The molecule has 0 heterocycles. The number of hydrogen-bond acceptors (Lipinski definition) is 3. The molecule has 0 spiro atoms. The fraction of sp³-hybridized carbons (Fsp3) is 0.278. The first-order valence-electron chi connectivity index (χ1n) is 7.31. The number of nitrogens with two attached hydrogens (primary N) is 1. The summed E-state index contributed by atoms with van der Waals surface area (Å²) in [5, 5.41) is 10.5. The summed E-state index contributed by atoms with van der Waals surface area (Å²) in [5.74, 6) is -0.167. The molecule has 4 nitrogen and oxygen atoms in total. The number of phenolic OH excluding ortho intramolecular Hbond substituents is 1. The Labute approximate surface area is 131 Å². The molecule has 2 aromatic rings. The first-order chi connectivity index (χ1) is 10.4. The van der Waals surface area contributed by atoms with Gasteiger partial charge in [0.2, 0.25) is 5.91 Å². The average Bonchev–Trinajstić information content (AvgIpc) is 2.48. The van der Waals surface area contributed by atoms with Crippen molar-refractivity contribution in [3.63, 3.8) is 0 Å². The number of rotatable bonds is 5. The highest BCUT2D eigenvalue weighted by molar-refractivity contribution is 5.75. The third-order valence-corrected chi connectivity index (χ3v) is 4.04. The van der Waals surface area contributed by atoms with Crippen molar-refractivity contribution in [3.05, 3.63) is 53.1 Å². The minimum Gasteiger partial charge on any atom is -0.505 e. The Morgan fingerprint density at radius 3 is 2.45 bits per heavy atom. The standard InChI is InChI=1S/C18H22N2O2/c1-12-6-4-8-15(13(12)2)20(3)16-9-5-7-14(18(16)22)10-11-17(19)21/h4-9,22H,10-11H2,1-3H3,(H2,19,21). The third-order valence-electron chi connectivity index (χ3n) is 4.04. The number of primary amides is 1. The lowest BCUT2D eigenvalue weighted by molar-refractivity contribution is -0.117. The third kappa shape index (κ3) is 3.22. The molecule has 1 amide bonds. The highest BCUT2D eigenvalue weighted by atomic mass is 16.3. The Hall–Kier alpha value is -2.49. The van der Waals surface area contributed by atoms with Crippen molar-refractivity contribution in [3.8, 4) is 5.75 Å². The quantitative estimate of drug-likeness (QED) is 0.891. The van der Waals surface area contributed by atoms with Crippen molar-refractivity contribution in [1.29, 1.82) is 0 Å². The van der Waals surface area contributed by atoms with Crippen LogP contribution in [0.2, 0.25) is 0 Å². The molecular weight excluding hydrogens is 276 g/mol. The lowest BCUT2D eigenvalue weighted by Gasteiger charge is -2.24.